The SMILES string of the molecule is O=C(CN1CCN(C(=O)c2cccc(NC(=O)CCn3ccnc3)c2)CC1)NCc1ccccc1. The van der Waals surface area contributed by atoms with Gasteiger partial charge in [-0.3, -0.25) is 19.3 Å². The molecule has 0 bridgehead atoms. The minimum Gasteiger partial charge on any atom is -0.351 e. The van der Waals surface area contributed by atoms with Crippen LogP contribution in [0.5, 0.6) is 0 Å². The van der Waals surface area contributed by atoms with Crippen LogP contribution in [0.2, 0.25) is 0 Å². The van der Waals surface area contributed by atoms with E-state index in [4.69, 9.17) is 0 Å². The molecule has 2 aromatic carbocycles. The molecule has 0 saturated carbocycles. The van der Waals surface area contributed by atoms with E-state index in [-0.39, 0.29) is 17.7 Å². The number of piperazine rings is 1. The summed E-state index contributed by atoms with van der Waals surface area (Å²) in [6, 6.07) is 16.8. The van der Waals surface area contributed by atoms with Crippen molar-refractivity contribution < 1.29 is 14.4 Å². The molecule has 3 aromatic rings. The third-order valence-corrected chi connectivity index (χ3v) is 5.91. The first-order valence-corrected chi connectivity index (χ1v) is 11.7. The molecule has 1 aliphatic rings. The van der Waals surface area contributed by atoms with Crippen LogP contribution in [0.15, 0.2) is 73.3 Å². The molecule has 3 amide bonds. The second-order valence-corrected chi connectivity index (χ2v) is 8.51. The summed E-state index contributed by atoms with van der Waals surface area (Å²) in [6.07, 6.45) is 5.47. The van der Waals surface area contributed by atoms with Gasteiger partial charge in [-0.25, -0.2) is 4.98 Å². The molecule has 1 aromatic heterocycles. The molecule has 0 unspecified atom stereocenters. The summed E-state index contributed by atoms with van der Waals surface area (Å²) in [7, 11) is 0. The van der Waals surface area contributed by atoms with Gasteiger partial charge in [0.25, 0.3) is 5.91 Å². The number of hydrogen-bond donors (Lipinski definition) is 2. The van der Waals surface area contributed by atoms with Crippen molar-refractivity contribution in [2.24, 2.45) is 0 Å². The average molecular weight is 475 g/mol. The largest absolute Gasteiger partial charge is 0.351 e. The molecule has 4 rings (SSSR count). The van der Waals surface area contributed by atoms with Gasteiger partial charge in [0.1, 0.15) is 0 Å². The Morgan fingerprint density at radius 3 is 2.46 bits per heavy atom. The number of nitrogens with zero attached hydrogens (tertiary/aromatic N) is 4. The van der Waals surface area contributed by atoms with Gasteiger partial charge in [-0.05, 0) is 23.8 Å². The number of nitrogens with one attached hydrogen (secondary N) is 2. The molecule has 1 fully saturated rings. The average Bonchev–Trinajstić information content (AvgIpc) is 3.41. The highest BCUT2D eigenvalue weighted by atomic mass is 16.2. The standard InChI is InChI=1S/C26H30N6O3/c33-24(9-11-31-12-10-27-20-31)29-23-8-4-7-22(17-23)26(35)32-15-13-30(14-16-32)19-25(34)28-18-21-5-2-1-3-6-21/h1-8,10,12,17,20H,9,11,13-16,18-19H2,(H,28,34)(H,29,33). The third kappa shape index (κ3) is 7.25. The highest BCUT2D eigenvalue weighted by molar-refractivity contribution is 5.97. The lowest BCUT2D eigenvalue weighted by atomic mass is 10.1. The Bertz CT molecular complexity index is 1130. The van der Waals surface area contributed by atoms with Crippen molar-refractivity contribution in [2.45, 2.75) is 19.5 Å². The predicted molar refractivity (Wildman–Crippen MR) is 133 cm³/mol. The van der Waals surface area contributed by atoms with Crippen LogP contribution in [0.1, 0.15) is 22.3 Å². The summed E-state index contributed by atoms with van der Waals surface area (Å²) in [5.74, 6) is -0.222. The number of rotatable bonds is 9. The zero-order valence-corrected chi connectivity index (χ0v) is 19.6. The molecule has 0 radical (unpaired) electrons. The van der Waals surface area contributed by atoms with Crippen LogP contribution in [0.3, 0.4) is 0 Å². The van der Waals surface area contributed by atoms with Crippen LogP contribution in [0.25, 0.3) is 0 Å². The molecule has 182 valence electrons. The number of carbonyl (C=O) groups excluding carboxylic acids is 3. The Kier molecular flexibility index (Phi) is 8.24. The van der Waals surface area contributed by atoms with Crippen LogP contribution < -0.4 is 10.6 Å². The fourth-order valence-corrected chi connectivity index (χ4v) is 3.95. The zero-order valence-electron chi connectivity index (χ0n) is 19.6. The van der Waals surface area contributed by atoms with E-state index in [2.05, 4.69) is 20.5 Å². The minimum atomic E-state index is -0.123. The number of amides is 3. The van der Waals surface area contributed by atoms with Gasteiger partial charge in [-0.1, -0.05) is 36.4 Å². The molecule has 0 atom stereocenters. The monoisotopic (exact) mass is 474 g/mol. The van der Waals surface area contributed by atoms with E-state index >= 15 is 0 Å². The number of carbonyl (C=O) groups is 3. The molecule has 35 heavy (non-hydrogen) atoms. The van der Waals surface area contributed by atoms with Gasteiger partial charge >= 0.3 is 0 Å². The first-order chi connectivity index (χ1) is 17.1. The summed E-state index contributed by atoms with van der Waals surface area (Å²) in [5.41, 5.74) is 2.19. The lowest BCUT2D eigenvalue weighted by Crippen LogP contribution is -2.51. The topological polar surface area (TPSA) is 99.6 Å². The van der Waals surface area contributed by atoms with E-state index in [1.165, 1.54) is 0 Å². The summed E-state index contributed by atoms with van der Waals surface area (Å²) in [4.78, 5) is 45.4. The first kappa shape index (κ1) is 24.2. The molecule has 1 saturated heterocycles. The van der Waals surface area contributed by atoms with Crippen LogP contribution in [-0.2, 0) is 22.7 Å². The van der Waals surface area contributed by atoms with Gasteiger partial charge in [-0.2, -0.15) is 0 Å². The number of imidazole rings is 1. The Morgan fingerprint density at radius 1 is 0.914 bits per heavy atom. The van der Waals surface area contributed by atoms with E-state index in [0.717, 1.165) is 5.56 Å². The molecular weight excluding hydrogens is 444 g/mol. The first-order valence-electron chi connectivity index (χ1n) is 11.7. The normalized spacial score (nSPS) is 13.9. The Morgan fingerprint density at radius 2 is 1.71 bits per heavy atom. The molecular formula is C26H30N6O3. The van der Waals surface area contributed by atoms with Crippen LogP contribution in [0, 0.1) is 0 Å². The van der Waals surface area contributed by atoms with Crippen LogP contribution in [-0.4, -0.2) is 69.8 Å². The number of aromatic nitrogens is 2. The second-order valence-electron chi connectivity index (χ2n) is 8.51. The summed E-state index contributed by atoms with van der Waals surface area (Å²) in [6.45, 7) is 3.73. The van der Waals surface area contributed by atoms with Crippen molar-refractivity contribution in [3.8, 4) is 0 Å². The van der Waals surface area contributed by atoms with Gasteiger partial charge in [0.15, 0.2) is 0 Å². The molecule has 9 heteroatoms. The van der Waals surface area contributed by atoms with Crippen LogP contribution in [0.4, 0.5) is 5.69 Å². The van der Waals surface area contributed by atoms with Gasteiger partial charge in [0.05, 0.1) is 12.9 Å². The van der Waals surface area contributed by atoms with Crippen molar-refractivity contribution in [3.63, 3.8) is 0 Å². The summed E-state index contributed by atoms with van der Waals surface area (Å²) >= 11 is 0. The maximum Gasteiger partial charge on any atom is 0.254 e. The summed E-state index contributed by atoms with van der Waals surface area (Å²) < 4.78 is 1.84. The van der Waals surface area contributed by atoms with E-state index < -0.39 is 0 Å². The van der Waals surface area contributed by atoms with Gasteiger partial charge in [0, 0.05) is 69.3 Å². The molecule has 2 N–H and O–H groups in total. The fourth-order valence-electron chi connectivity index (χ4n) is 3.95. The Labute approximate surface area is 204 Å². The van der Waals surface area contributed by atoms with Crippen molar-refractivity contribution in [2.75, 3.05) is 38.0 Å². The maximum atomic E-state index is 13.0. The van der Waals surface area contributed by atoms with Crippen molar-refractivity contribution in [3.05, 3.63) is 84.4 Å². The van der Waals surface area contributed by atoms with Gasteiger partial charge < -0.3 is 20.1 Å². The zero-order chi connectivity index (χ0) is 24.5. The lowest BCUT2D eigenvalue weighted by molar-refractivity contribution is -0.122. The highest BCUT2D eigenvalue weighted by Crippen LogP contribution is 2.15. The Balaban J connectivity index is 1.21. The third-order valence-electron chi connectivity index (χ3n) is 5.91. The quantitative estimate of drug-likeness (QED) is 0.494. The van der Waals surface area contributed by atoms with E-state index in [9.17, 15) is 14.4 Å². The lowest BCUT2D eigenvalue weighted by Gasteiger charge is -2.34. The number of benzene rings is 2. The second kappa shape index (κ2) is 11.9. The Hall–Kier alpha value is -3.98. The van der Waals surface area contributed by atoms with Crippen molar-refractivity contribution in [1.82, 2.24) is 24.7 Å². The van der Waals surface area contributed by atoms with E-state index in [1.807, 2.05) is 41.1 Å². The molecule has 1 aliphatic heterocycles. The number of anilines is 1. The fraction of sp³-hybridized carbons (Fsp3) is 0.308. The van der Waals surface area contributed by atoms with Crippen LogP contribution >= 0.6 is 0 Å². The molecule has 0 aliphatic carbocycles. The molecule has 9 nitrogen and oxygen atoms in total. The number of hydrogen-bond acceptors (Lipinski definition) is 5. The van der Waals surface area contributed by atoms with Gasteiger partial charge in [0.2, 0.25) is 11.8 Å². The number of aryl methyl sites for hydroxylation is 1. The van der Waals surface area contributed by atoms with E-state index in [1.54, 1.807) is 41.7 Å². The summed E-state index contributed by atoms with van der Waals surface area (Å²) in [5, 5.41) is 5.80. The molecule has 0 spiro atoms. The van der Waals surface area contributed by atoms with Crippen molar-refractivity contribution in [1.29, 1.82) is 0 Å². The maximum absolute atomic E-state index is 13.0. The predicted octanol–water partition coefficient (Wildman–Crippen LogP) is 1.99. The molecule has 2 heterocycles. The van der Waals surface area contributed by atoms with Crippen molar-refractivity contribution >= 4 is 23.4 Å². The van der Waals surface area contributed by atoms with E-state index in [0.29, 0.717) is 63.5 Å². The van der Waals surface area contributed by atoms with Gasteiger partial charge in [-0.15, -0.1) is 0 Å². The minimum absolute atomic E-state index is 0.0230. The highest BCUT2D eigenvalue weighted by Gasteiger charge is 2.23. The smallest absolute Gasteiger partial charge is 0.254 e.